The first-order chi connectivity index (χ1) is 35.3. The number of ether oxygens (including phenoxy) is 1. The highest BCUT2D eigenvalue weighted by Crippen LogP contribution is 2.76. The molecule has 75 heavy (non-hydrogen) atoms. The highest BCUT2D eigenvalue weighted by molar-refractivity contribution is 6.04. The predicted molar refractivity (Wildman–Crippen MR) is 300 cm³/mol. The SMILES string of the molecule is CCN(CC)c1ccc2c(-c3cccc(C(=O)N4CCCN(C(=O)[C@]56CC[C@@H](C)[C@H](C)[C@H]5C5=CC[C@@H]7[C@@]8(C)CC[C@H](OC(C)=O)C(C)(C)[C@@H]8CC[C@@]7(C)[C@]5(C)CC6)CC4)c3)c3ccc(=[N+](CC)CC)cc-3oc2c1.[Cl-]. The van der Waals surface area contributed by atoms with E-state index in [4.69, 9.17) is 9.15 Å². The number of nitrogens with zero attached hydrogens (tertiary/aromatic N) is 4. The van der Waals surface area contributed by atoms with Gasteiger partial charge in [0.2, 0.25) is 11.3 Å². The molecule has 2 aliphatic heterocycles. The number of hydrogen-bond donors (Lipinski definition) is 0. The maximum absolute atomic E-state index is 15.8. The molecule has 0 aromatic heterocycles. The zero-order valence-corrected chi connectivity index (χ0v) is 48.5. The van der Waals surface area contributed by atoms with Gasteiger partial charge in [-0.1, -0.05) is 72.2 Å². The number of hydrogen-bond acceptors (Lipinski definition) is 6. The summed E-state index contributed by atoms with van der Waals surface area (Å²) in [6.45, 7) is 33.8. The quantitative estimate of drug-likeness (QED) is 0.0719. The lowest BCUT2D eigenvalue weighted by Gasteiger charge is -2.71. The minimum absolute atomic E-state index is 0. The Labute approximate surface area is 455 Å². The second-order valence-electron chi connectivity index (χ2n) is 25.5. The topological polar surface area (TPSA) is 86.3 Å². The Bertz CT molecular complexity index is 2890. The smallest absolute Gasteiger partial charge is 0.302 e. The van der Waals surface area contributed by atoms with Crippen molar-refractivity contribution in [3.8, 4) is 22.5 Å². The molecule has 10 heteroatoms. The van der Waals surface area contributed by atoms with Crippen LogP contribution in [0.25, 0.3) is 33.4 Å². The number of rotatable bonds is 9. The molecule has 2 amide bonds. The standard InChI is InChI=1S/C65H89N4O5.ClH/c1-13-66(14-2)47-21-23-49-52(40-47)74-53-41-48(67(15-3)16-4)22-24-50(53)57(49)45-19-17-20-46(39-45)59(71)68-35-18-36-69(38-37-68)60(72)65-32-27-42(5)43(6)58(65)51-25-26-55-62(10)30-29-56(73-44(7)70)61(8,9)54(62)28-31-64(55,12)63(51,11)33-34-65;/h17,19-25,39-43,54-56,58H,13-16,18,26-38H2,1-12H3;1H/q+1;/p-1/t42-,43+,54+,55-,56+,58+,62+,63-,64-,65+;/m1./s1. The van der Waals surface area contributed by atoms with E-state index in [1.54, 1.807) is 12.5 Å². The molecular weight excluding hydrogens is 952 g/mol. The number of halogens is 1. The Morgan fingerprint density at radius 3 is 2.24 bits per heavy atom. The average Bonchev–Trinajstić information content (AvgIpc) is 3.71. The first-order valence-corrected chi connectivity index (χ1v) is 29.2. The van der Waals surface area contributed by atoms with Crippen molar-refractivity contribution in [1.29, 1.82) is 0 Å². The number of allylic oxidation sites excluding steroid dienone is 2. The fourth-order valence-corrected chi connectivity index (χ4v) is 17.6. The Balaban J connectivity index is 0.00000689. The van der Waals surface area contributed by atoms with Crippen molar-refractivity contribution in [3.05, 3.63) is 83.2 Å². The lowest BCUT2D eigenvalue weighted by molar-refractivity contribution is -0.213. The Hall–Kier alpha value is -4.63. The Kier molecular flexibility index (Phi) is 15.2. The predicted octanol–water partition coefficient (Wildman–Crippen LogP) is 10.1. The van der Waals surface area contributed by atoms with E-state index in [1.165, 1.54) is 6.42 Å². The van der Waals surface area contributed by atoms with E-state index in [2.05, 4.69) is 145 Å². The maximum Gasteiger partial charge on any atom is 0.302 e. The van der Waals surface area contributed by atoms with Crippen LogP contribution < -0.4 is 27.2 Å². The van der Waals surface area contributed by atoms with Gasteiger partial charge in [0.25, 0.3) is 5.91 Å². The highest BCUT2D eigenvalue weighted by atomic mass is 35.5. The van der Waals surface area contributed by atoms with Crippen molar-refractivity contribution in [2.75, 3.05) is 57.3 Å². The van der Waals surface area contributed by atoms with Gasteiger partial charge in [-0.15, -0.1) is 0 Å². The van der Waals surface area contributed by atoms with E-state index >= 15 is 4.79 Å². The maximum atomic E-state index is 15.8. The monoisotopic (exact) mass is 1040 g/mol. The second-order valence-corrected chi connectivity index (χ2v) is 25.5. The molecule has 2 heterocycles. The molecule has 0 N–H and O–H groups in total. The van der Waals surface area contributed by atoms with Crippen LogP contribution in [0.15, 0.2) is 76.7 Å². The second kappa shape index (κ2) is 20.6. The summed E-state index contributed by atoms with van der Waals surface area (Å²) in [5, 5.41) is 2.15. The number of amides is 2. The molecule has 406 valence electrons. The number of esters is 1. The van der Waals surface area contributed by atoms with Crippen LogP contribution in [0.3, 0.4) is 0 Å². The van der Waals surface area contributed by atoms with Crippen molar-refractivity contribution in [1.82, 2.24) is 14.4 Å². The summed E-state index contributed by atoms with van der Waals surface area (Å²) in [6, 6.07) is 21.3. The number of anilines is 1. The molecule has 5 fully saturated rings. The summed E-state index contributed by atoms with van der Waals surface area (Å²) >= 11 is 0. The van der Waals surface area contributed by atoms with Crippen LogP contribution in [-0.2, 0) is 14.3 Å². The molecule has 6 aliphatic carbocycles. The average molecular weight is 1040 g/mol. The molecule has 0 bridgehead atoms. The molecule has 0 radical (unpaired) electrons. The normalized spacial score (nSPS) is 32.1. The summed E-state index contributed by atoms with van der Waals surface area (Å²) in [6.07, 6.45) is 12.8. The van der Waals surface area contributed by atoms with Gasteiger partial charge < -0.3 is 36.3 Å². The van der Waals surface area contributed by atoms with Crippen LogP contribution in [0, 0.1) is 56.7 Å². The van der Waals surface area contributed by atoms with E-state index < -0.39 is 5.41 Å². The van der Waals surface area contributed by atoms with E-state index in [0.717, 1.165) is 128 Å². The molecule has 4 saturated carbocycles. The number of carbonyl (C=O) groups excluding carboxylic acids is 3. The first-order valence-electron chi connectivity index (χ1n) is 29.2. The fraction of sp³-hybridized carbons (Fsp3) is 0.631. The molecular formula is C65H89ClN4O5. The molecule has 2 aromatic carbocycles. The third-order valence-corrected chi connectivity index (χ3v) is 22.1. The van der Waals surface area contributed by atoms with Gasteiger partial charge in [0.1, 0.15) is 30.5 Å². The highest BCUT2D eigenvalue weighted by Gasteiger charge is 2.70. The van der Waals surface area contributed by atoms with E-state index in [9.17, 15) is 9.59 Å². The first kappa shape index (κ1) is 55.1. The largest absolute Gasteiger partial charge is 1.00 e. The lowest BCUT2D eigenvalue weighted by Crippen LogP contribution is -3.00. The minimum Gasteiger partial charge on any atom is -1.00 e. The van der Waals surface area contributed by atoms with Crippen LogP contribution in [0.5, 0.6) is 0 Å². The van der Waals surface area contributed by atoms with Gasteiger partial charge in [-0.3, -0.25) is 14.4 Å². The zero-order valence-electron chi connectivity index (χ0n) is 47.8. The molecule has 10 rings (SSSR count). The van der Waals surface area contributed by atoms with Crippen molar-refractivity contribution in [3.63, 3.8) is 0 Å². The summed E-state index contributed by atoms with van der Waals surface area (Å²) in [5.74, 6) is 3.22. The van der Waals surface area contributed by atoms with Gasteiger partial charge in [0.15, 0.2) is 0 Å². The summed E-state index contributed by atoms with van der Waals surface area (Å²) < 4.78 is 15.2. The van der Waals surface area contributed by atoms with Crippen LogP contribution in [-0.4, -0.2) is 86.0 Å². The van der Waals surface area contributed by atoms with Crippen molar-refractivity contribution in [2.45, 2.75) is 153 Å². The van der Waals surface area contributed by atoms with Crippen molar-refractivity contribution >= 4 is 34.4 Å². The zero-order chi connectivity index (χ0) is 52.7. The number of fused-ring (bicyclic) bond motifs is 9. The van der Waals surface area contributed by atoms with E-state index in [1.807, 2.05) is 17.0 Å². The summed E-state index contributed by atoms with van der Waals surface area (Å²) in [4.78, 5) is 49.4. The van der Waals surface area contributed by atoms with Gasteiger partial charge in [-0.25, -0.2) is 4.58 Å². The lowest BCUT2D eigenvalue weighted by atomic mass is 9.33. The van der Waals surface area contributed by atoms with Gasteiger partial charge in [0.05, 0.1) is 11.5 Å². The van der Waals surface area contributed by atoms with Crippen LogP contribution in [0.1, 0.15) is 158 Å². The van der Waals surface area contributed by atoms with E-state index in [-0.39, 0.29) is 58.0 Å². The Morgan fingerprint density at radius 2 is 1.52 bits per heavy atom. The molecule has 1 saturated heterocycles. The minimum atomic E-state index is -0.426. The number of carbonyl (C=O) groups is 3. The van der Waals surface area contributed by atoms with Crippen molar-refractivity contribution < 1.29 is 35.9 Å². The van der Waals surface area contributed by atoms with Gasteiger partial charge >= 0.3 is 5.97 Å². The van der Waals surface area contributed by atoms with Crippen molar-refractivity contribution in [2.24, 2.45) is 56.7 Å². The third kappa shape index (κ3) is 8.78. The molecule has 2 aromatic rings. The van der Waals surface area contributed by atoms with Crippen LogP contribution in [0.4, 0.5) is 5.69 Å². The third-order valence-electron chi connectivity index (χ3n) is 22.1. The summed E-state index contributed by atoms with van der Waals surface area (Å²) in [5.41, 5.74) is 7.07. The van der Waals surface area contributed by atoms with Crippen LogP contribution >= 0.6 is 0 Å². The molecule has 0 unspecified atom stereocenters. The Morgan fingerprint density at radius 1 is 0.787 bits per heavy atom. The van der Waals surface area contributed by atoms with E-state index in [0.29, 0.717) is 61.3 Å². The van der Waals surface area contributed by atoms with Gasteiger partial charge in [-0.2, -0.15) is 0 Å². The molecule has 0 spiro atoms. The molecule has 10 atom stereocenters. The number of benzene rings is 3. The molecule has 9 nitrogen and oxygen atoms in total. The van der Waals surface area contributed by atoms with Gasteiger partial charge in [0, 0.05) is 91.5 Å². The van der Waals surface area contributed by atoms with Crippen LogP contribution in [0.2, 0.25) is 0 Å². The van der Waals surface area contributed by atoms with Gasteiger partial charge in [-0.05, 0) is 174 Å². The summed E-state index contributed by atoms with van der Waals surface area (Å²) in [7, 11) is 0. The fourth-order valence-electron chi connectivity index (χ4n) is 17.6. The molecule has 8 aliphatic rings.